The van der Waals surface area contributed by atoms with Crippen molar-refractivity contribution in [1.29, 1.82) is 0 Å². The molecule has 0 saturated heterocycles. The first kappa shape index (κ1) is 22.6. The third-order valence-corrected chi connectivity index (χ3v) is 5.82. The van der Waals surface area contributed by atoms with Crippen molar-refractivity contribution >= 4 is 0 Å². The number of benzene rings is 2. The maximum absolute atomic E-state index is 13.1. The molecule has 0 unspecified atom stereocenters. The zero-order valence-corrected chi connectivity index (χ0v) is 19.5. The Hall–Kier alpha value is -3.55. The van der Waals surface area contributed by atoms with Crippen molar-refractivity contribution in [1.82, 2.24) is 35.0 Å². The molecule has 2 aromatic heterocycles. The summed E-state index contributed by atoms with van der Waals surface area (Å²) in [5.74, 6) is 1.65. The zero-order chi connectivity index (χ0) is 23.2. The minimum absolute atomic E-state index is 0.0255. The van der Waals surface area contributed by atoms with Crippen LogP contribution in [-0.4, -0.2) is 35.0 Å². The third-order valence-electron chi connectivity index (χ3n) is 5.82. The molecule has 0 spiro atoms. The number of aromatic nitrogens is 7. The van der Waals surface area contributed by atoms with E-state index in [9.17, 15) is 4.79 Å². The quantitative estimate of drug-likeness (QED) is 0.359. The van der Waals surface area contributed by atoms with Gasteiger partial charge in [-0.1, -0.05) is 88.6 Å². The SMILES string of the molecule is CCCCCCn1nc(C(C)C)n(Cc2ccc(-c3ccccc3-c3nnn[nH]3)cc2)c1=O. The van der Waals surface area contributed by atoms with Gasteiger partial charge in [0.05, 0.1) is 6.54 Å². The third kappa shape index (κ3) is 5.10. The van der Waals surface area contributed by atoms with E-state index in [4.69, 9.17) is 0 Å². The van der Waals surface area contributed by atoms with E-state index in [2.05, 4.69) is 76.8 Å². The largest absolute Gasteiger partial charge is 0.346 e. The predicted molar refractivity (Wildman–Crippen MR) is 129 cm³/mol. The van der Waals surface area contributed by atoms with Gasteiger partial charge in [0.2, 0.25) is 0 Å². The molecule has 0 atom stereocenters. The van der Waals surface area contributed by atoms with Gasteiger partial charge < -0.3 is 0 Å². The number of tetrazole rings is 1. The first-order chi connectivity index (χ1) is 16.1. The van der Waals surface area contributed by atoms with Crippen LogP contribution in [0.25, 0.3) is 22.5 Å². The van der Waals surface area contributed by atoms with Gasteiger partial charge in [-0.05, 0) is 33.5 Å². The van der Waals surface area contributed by atoms with Crippen LogP contribution < -0.4 is 5.69 Å². The lowest BCUT2D eigenvalue weighted by Crippen LogP contribution is -2.26. The lowest BCUT2D eigenvalue weighted by Gasteiger charge is -2.10. The molecule has 172 valence electrons. The summed E-state index contributed by atoms with van der Waals surface area (Å²) >= 11 is 0. The second kappa shape index (κ2) is 10.4. The summed E-state index contributed by atoms with van der Waals surface area (Å²) in [5, 5.41) is 18.9. The summed E-state index contributed by atoms with van der Waals surface area (Å²) in [6.45, 7) is 7.54. The average Bonchev–Trinajstić information content (AvgIpc) is 3.47. The van der Waals surface area contributed by atoms with Gasteiger partial charge in [0.25, 0.3) is 0 Å². The maximum atomic E-state index is 13.1. The summed E-state index contributed by atoms with van der Waals surface area (Å²) < 4.78 is 3.45. The first-order valence-corrected chi connectivity index (χ1v) is 11.7. The fraction of sp³-hybridized carbons (Fsp3) is 0.400. The first-order valence-electron chi connectivity index (χ1n) is 11.7. The molecule has 1 N–H and O–H groups in total. The van der Waals surface area contributed by atoms with Crippen molar-refractivity contribution in [2.24, 2.45) is 0 Å². The van der Waals surface area contributed by atoms with Crippen LogP contribution in [0, 0.1) is 0 Å². The Labute approximate surface area is 193 Å². The second-order valence-electron chi connectivity index (χ2n) is 8.66. The number of aryl methyl sites for hydroxylation is 1. The molecule has 4 rings (SSSR count). The smallest absolute Gasteiger partial charge is 0.274 e. The number of nitrogens with one attached hydrogen (secondary N) is 1. The summed E-state index contributed by atoms with van der Waals surface area (Å²) in [7, 11) is 0. The molecular weight excluding hydrogens is 414 g/mol. The Morgan fingerprint density at radius 3 is 2.39 bits per heavy atom. The van der Waals surface area contributed by atoms with Crippen LogP contribution in [0.15, 0.2) is 53.3 Å². The van der Waals surface area contributed by atoms with E-state index in [1.807, 2.05) is 22.8 Å². The Bertz CT molecular complexity index is 1220. The predicted octanol–water partition coefficient (Wildman–Crippen LogP) is 4.64. The van der Waals surface area contributed by atoms with Gasteiger partial charge in [0, 0.05) is 18.0 Å². The van der Waals surface area contributed by atoms with Gasteiger partial charge in [-0.3, -0.25) is 4.57 Å². The molecule has 33 heavy (non-hydrogen) atoms. The highest BCUT2D eigenvalue weighted by Gasteiger charge is 2.16. The molecule has 0 aliphatic heterocycles. The lowest BCUT2D eigenvalue weighted by molar-refractivity contribution is 0.520. The van der Waals surface area contributed by atoms with E-state index >= 15 is 0 Å². The highest BCUT2D eigenvalue weighted by molar-refractivity contribution is 5.80. The van der Waals surface area contributed by atoms with Crippen molar-refractivity contribution in [3.05, 3.63) is 70.4 Å². The van der Waals surface area contributed by atoms with Crippen LogP contribution in [0.4, 0.5) is 0 Å². The highest BCUT2D eigenvalue weighted by atomic mass is 16.2. The Balaban J connectivity index is 1.57. The topological polar surface area (TPSA) is 94.3 Å². The molecule has 0 fully saturated rings. The van der Waals surface area contributed by atoms with Gasteiger partial charge in [-0.15, -0.1) is 5.10 Å². The summed E-state index contributed by atoms with van der Waals surface area (Å²) in [5.41, 5.74) is 4.09. The number of nitrogens with zero attached hydrogens (tertiary/aromatic N) is 6. The highest BCUT2D eigenvalue weighted by Crippen LogP contribution is 2.29. The number of aromatic amines is 1. The lowest BCUT2D eigenvalue weighted by atomic mass is 9.98. The van der Waals surface area contributed by atoms with Crippen molar-refractivity contribution in [2.45, 2.75) is 65.5 Å². The van der Waals surface area contributed by atoms with E-state index in [0.29, 0.717) is 18.9 Å². The monoisotopic (exact) mass is 445 g/mol. The number of hydrogen-bond donors (Lipinski definition) is 1. The van der Waals surface area contributed by atoms with Crippen LogP contribution in [0.1, 0.15) is 63.8 Å². The summed E-state index contributed by atoms with van der Waals surface area (Å²) in [6.07, 6.45) is 4.47. The van der Waals surface area contributed by atoms with Gasteiger partial charge in [0.1, 0.15) is 5.82 Å². The molecular formula is C25H31N7O. The van der Waals surface area contributed by atoms with E-state index in [-0.39, 0.29) is 11.6 Å². The van der Waals surface area contributed by atoms with Crippen LogP contribution in [-0.2, 0) is 13.1 Å². The van der Waals surface area contributed by atoms with Crippen LogP contribution >= 0.6 is 0 Å². The van der Waals surface area contributed by atoms with Crippen LogP contribution in [0.5, 0.6) is 0 Å². The summed E-state index contributed by atoms with van der Waals surface area (Å²) in [6, 6.07) is 16.3. The van der Waals surface area contributed by atoms with Crippen molar-refractivity contribution in [3.63, 3.8) is 0 Å². The summed E-state index contributed by atoms with van der Waals surface area (Å²) in [4.78, 5) is 13.1. The van der Waals surface area contributed by atoms with Crippen LogP contribution in [0.2, 0.25) is 0 Å². The van der Waals surface area contributed by atoms with Crippen molar-refractivity contribution in [2.75, 3.05) is 0 Å². The normalized spacial score (nSPS) is 11.4. The average molecular weight is 446 g/mol. The van der Waals surface area contributed by atoms with Crippen molar-refractivity contribution in [3.8, 4) is 22.5 Å². The Kier molecular flexibility index (Phi) is 7.12. The minimum atomic E-state index is -0.0255. The second-order valence-corrected chi connectivity index (χ2v) is 8.66. The Morgan fingerprint density at radius 2 is 1.73 bits per heavy atom. The van der Waals surface area contributed by atoms with Crippen LogP contribution in [0.3, 0.4) is 0 Å². The van der Waals surface area contributed by atoms with E-state index in [1.165, 1.54) is 12.8 Å². The van der Waals surface area contributed by atoms with E-state index in [0.717, 1.165) is 40.9 Å². The number of unbranched alkanes of at least 4 members (excludes halogenated alkanes) is 3. The zero-order valence-electron chi connectivity index (χ0n) is 19.5. The molecule has 8 nitrogen and oxygen atoms in total. The molecule has 2 heterocycles. The van der Waals surface area contributed by atoms with Gasteiger partial charge >= 0.3 is 5.69 Å². The van der Waals surface area contributed by atoms with E-state index in [1.54, 1.807) is 4.68 Å². The molecule has 0 aliphatic carbocycles. The molecule has 0 radical (unpaired) electrons. The minimum Gasteiger partial charge on any atom is -0.274 e. The fourth-order valence-corrected chi connectivity index (χ4v) is 4.05. The van der Waals surface area contributed by atoms with Gasteiger partial charge in [-0.2, -0.15) is 5.10 Å². The molecule has 0 aliphatic rings. The molecule has 0 bridgehead atoms. The molecule has 0 saturated carbocycles. The van der Waals surface area contributed by atoms with Gasteiger partial charge in [0.15, 0.2) is 5.82 Å². The fourth-order valence-electron chi connectivity index (χ4n) is 4.05. The molecule has 8 heteroatoms. The number of H-pyrrole nitrogens is 1. The standard InChI is InChI=1S/C25H31N7O/c1-4-5-6-9-16-32-25(33)31(24(28-32)18(2)3)17-19-12-14-20(15-13-19)21-10-7-8-11-22(21)23-26-29-30-27-23/h7-8,10-15,18H,4-6,9,16-17H2,1-3H3,(H,26,27,29,30). The van der Waals surface area contributed by atoms with E-state index < -0.39 is 0 Å². The van der Waals surface area contributed by atoms with Crippen molar-refractivity contribution < 1.29 is 0 Å². The molecule has 4 aromatic rings. The van der Waals surface area contributed by atoms with Gasteiger partial charge in [-0.25, -0.2) is 14.6 Å². The molecule has 2 aromatic carbocycles. The maximum Gasteiger partial charge on any atom is 0.346 e. The molecule has 0 amide bonds. The number of hydrogen-bond acceptors (Lipinski definition) is 5. The number of rotatable bonds is 10. The Morgan fingerprint density at radius 1 is 0.970 bits per heavy atom.